The van der Waals surface area contributed by atoms with Gasteiger partial charge in [0.25, 0.3) is 0 Å². The largest absolute Gasteiger partial charge is 0.497 e. The molecule has 1 rings (SSSR count). The maximum atomic E-state index is 11.4. The fourth-order valence-electron chi connectivity index (χ4n) is 1.07. The second kappa shape index (κ2) is 6.85. The van der Waals surface area contributed by atoms with Gasteiger partial charge in [0.15, 0.2) is 0 Å². The molecule has 0 atom stereocenters. The van der Waals surface area contributed by atoms with Crippen LogP contribution in [-0.4, -0.2) is 19.7 Å². The van der Waals surface area contributed by atoms with Crippen LogP contribution in [0.3, 0.4) is 0 Å². The molecule has 0 aliphatic rings. The standard InChI is InChI=1S/C12H16O4/c1-3-4-9-15-16-12(13)10-5-7-11(14-2)8-6-10/h5-8H,3-4,9H2,1-2H3. The molecule has 4 nitrogen and oxygen atoms in total. The van der Waals surface area contributed by atoms with Gasteiger partial charge >= 0.3 is 5.97 Å². The van der Waals surface area contributed by atoms with Gasteiger partial charge in [0.05, 0.1) is 19.3 Å². The number of ether oxygens (including phenoxy) is 1. The summed E-state index contributed by atoms with van der Waals surface area (Å²) >= 11 is 0. The van der Waals surface area contributed by atoms with Crippen molar-refractivity contribution >= 4 is 5.97 Å². The van der Waals surface area contributed by atoms with Gasteiger partial charge in [-0.05, 0) is 30.7 Å². The second-order valence-electron chi connectivity index (χ2n) is 3.27. The first-order chi connectivity index (χ1) is 7.77. The van der Waals surface area contributed by atoms with Gasteiger partial charge in [0.1, 0.15) is 5.75 Å². The molecule has 0 bridgehead atoms. The van der Waals surface area contributed by atoms with Crippen LogP contribution in [0.1, 0.15) is 30.1 Å². The van der Waals surface area contributed by atoms with E-state index < -0.39 is 5.97 Å². The van der Waals surface area contributed by atoms with Gasteiger partial charge in [-0.25, -0.2) is 4.79 Å². The van der Waals surface area contributed by atoms with E-state index in [4.69, 9.17) is 9.62 Å². The molecule has 0 aliphatic heterocycles. The lowest BCUT2D eigenvalue weighted by molar-refractivity contribution is -0.241. The predicted octanol–water partition coefficient (Wildman–Crippen LogP) is 2.58. The molecule has 0 fully saturated rings. The summed E-state index contributed by atoms with van der Waals surface area (Å²) in [5.74, 6) is 0.210. The fourth-order valence-corrected chi connectivity index (χ4v) is 1.07. The van der Waals surface area contributed by atoms with E-state index in [9.17, 15) is 4.79 Å². The molecule has 0 N–H and O–H groups in total. The summed E-state index contributed by atoms with van der Waals surface area (Å²) in [6, 6.07) is 6.65. The highest BCUT2D eigenvalue weighted by atomic mass is 17.2. The molecule has 16 heavy (non-hydrogen) atoms. The lowest BCUT2D eigenvalue weighted by atomic mass is 10.2. The van der Waals surface area contributed by atoms with E-state index in [0.29, 0.717) is 17.9 Å². The SMILES string of the molecule is CCCCOOC(=O)c1ccc(OC)cc1. The predicted molar refractivity (Wildman–Crippen MR) is 59.3 cm³/mol. The van der Waals surface area contributed by atoms with E-state index >= 15 is 0 Å². The smallest absolute Gasteiger partial charge is 0.373 e. The molecule has 4 heteroatoms. The third kappa shape index (κ3) is 3.90. The van der Waals surface area contributed by atoms with Gasteiger partial charge in [-0.3, -0.25) is 4.89 Å². The van der Waals surface area contributed by atoms with Gasteiger partial charge < -0.3 is 4.74 Å². The second-order valence-corrected chi connectivity index (χ2v) is 3.27. The number of hydrogen-bond donors (Lipinski definition) is 0. The van der Waals surface area contributed by atoms with Crippen LogP contribution in [0.2, 0.25) is 0 Å². The van der Waals surface area contributed by atoms with Crippen molar-refractivity contribution in [2.24, 2.45) is 0 Å². The van der Waals surface area contributed by atoms with E-state index in [0.717, 1.165) is 12.8 Å². The normalized spacial score (nSPS) is 9.88. The minimum Gasteiger partial charge on any atom is -0.497 e. The molecule has 0 aromatic heterocycles. The van der Waals surface area contributed by atoms with Crippen LogP contribution in [-0.2, 0) is 9.78 Å². The van der Waals surface area contributed by atoms with Crippen LogP contribution in [0, 0.1) is 0 Å². The Labute approximate surface area is 95.1 Å². The fraction of sp³-hybridized carbons (Fsp3) is 0.417. The zero-order chi connectivity index (χ0) is 11.8. The molecular formula is C12H16O4. The number of methoxy groups -OCH3 is 1. The third-order valence-corrected chi connectivity index (χ3v) is 2.04. The maximum absolute atomic E-state index is 11.4. The quantitative estimate of drug-likeness (QED) is 0.423. The van der Waals surface area contributed by atoms with Crippen LogP contribution in [0.25, 0.3) is 0 Å². The first-order valence-corrected chi connectivity index (χ1v) is 5.25. The summed E-state index contributed by atoms with van der Waals surface area (Å²) in [5.41, 5.74) is 0.442. The summed E-state index contributed by atoms with van der Waals surface area (Å²) in [7, 11) is 1.57. The molecule has 0 amide bonds. The lowest BCUT2D eigenvalue weighted by Gasteiger charge is -2.03. The Bertz CT molecular complexity index is 318. The summed E-state index contributed by atoms with van der Waals surface area (Å²) in [5, 5.41) is 0. The zero-order valence-electron chi connectivity index (χ0n) is 9.56. The van der Waals surface area contributed by atoms with Crippen LogP contribution in [0.4, 0.5) is 0 Å². The Morgan fingerprint density at radius 3 is 2.50 bits per heavy atom. The molecule has 0 unspecified atom stereocenters. The Kier molecular flexibility index (Phi) is 5.36. The molecule has 0 radical (unpaired) electrons. The number of carbonyl (C=O) groups is 1. The maximum Gasteiger partial charge on any atom is 0.373 e. The first-order valence-electron chi connectivity index (χ1n) is 5.25. The van der Waals surface area contributed by atoms with E-state index in [2.05, 4.69) is 4.89 Å². The van der Waals surface area contributed by atoms with E-state index in [-0.39, 0.29) is 0 Å². The minimum absolute atomic E-state index is 0.429. The van der Waals surface area contributed by atoms with Crippen LogP contribution in [0.15, 0.2) is 24.3 Å². The highest BCUT2D eigenvalue weighted by Gasteiger charge is 2.07. The van der Waals surface area contributed by atoms with Crippen molar-refractivity contribution in [3.05, 3.63) is 29.8 Å². The summed E-state index contributed by atoms with van der Waals surface area (Å²) < 4.78 is 4.98. The van der Waals surface area contributed by atoms with Crippen molar-refractivity contribution in [3.63, 3.8) is 0 Å². The van der Waals surface area contributed by atoms with Crippen LogP contribution in [0.5, 0.6) is 5.75 Å². The summed E-state index contributed by atoms with van der Waals surface area (Å²) in [6.07, 6.45) is 1.87. The number of rotatable bonds is 6. The lowest BCUT2D eigenvalue weighted by Crippen LogP contribution is -2.06. The van der Waals surface area contributed by atoms with Gasteiger partial charge in [0, 0.05) is 0 Å². The molecule has 0 heterocycles. The Hall–Kier alpha value is -1.55. The minimum atomic E-state index is -0.487. The number of carbonyl (C=O) groups excluding carboxylic acids is 1. The van der Waals surface area contributed by atoms with Crippen molar-refractivity contribution < 1.29 is 19.3 Å². The van der Waals surface area contributed by atoms with Crippen molar-refractivity contribution in [1.29, 1.82) is 0 Å². The van der Waals surface area contributed by atoms with Crippen molar-refractivity contribution in [1.82, 2.24) is 0 Å². The molecule has 0 saturated heterocycles. The molecule has 88 valence electrons. The van der Waals surface area contributed by atoms with Gasteiger partial charge in [-0.1, -0.05) is 13.3 Å². The summed E-state index contributed by atoms with van der Waals surface area (Å²) in [4.78, 5) is 20.8. The van der Waals surface area contributed by atoms with Gasteiger partial charge in [-0.2, -0.15) is 4.89 Å². The number of unbranched alkanes of at least 4 members (excludes halogenated alkanes) is 1. The van der Waals surface area contributed by atoms with Crippen molar-refractivity contribution in [2.75, 3.05) is 13.7 Å². The average Bonchev–Trinajstić information content (AvgIpc) is 2.34. The van der Waals surface area contributed by atoms with Crippen molar-refractivity contribution in [2.45, 2.75) is 19.8 Å². The first kappa shape index (κ1) is 12.5. The number of benzene rings is 1. The third-order valence-electron chi connectivity index (χ3n) is 2.04. The Morgan fingerprint density at radius 1 is 1.25 bits per heavy atom. The topological polar surface area (TPSA) is 44.8 Å². The molecule has 1 aromatic carbocycles. The molecular weight excluding hydrogens is 208 g/mol. The van der Waals surface area contributed by atoms with Crippen molar-refractivity contribution in [3.8, 4) is 5.75 Å². The van der Waals surface area contributed by atoms with Gasteiger partial charge in [0.2, 0.25) is 0 Å². The molecule has 0 aliphatic carbocycles. The van der Waals surface area contributed by atoms with Crippen LogP contribution >= 0.6 is 0 Å². The Morgan fingerprint density at radius 2 is 1.94 bits per heavy atom. The highest BCUT2D eigenvalue weighted by Crippen LogP contribution is 2.12. The average molecular weight is 224 g/mol. The zero-order valence-corrected chi connectivity index (χ0v) is 9.56. The summed E-state index contributed by atoms with van der Waals surface area (Å²) in [6.45, 7) is 2.47. The highest BCUT2D eigenvalue weighted by molar-refractivity contribution is 5.89. The Balaban J connectivity index is 2.40. The molecule has 0 saturated carbocycles. The molecule has 1 aromatic rings. The van der Waals surface area contributed by atoms with E-state index in [1.165, 1.54) is 0 Å². The van der Waals surface area contributed by atoms with E-state index in [1.807, 2.05) is 6.92 Å². The van der Waals surface area contributed by atoms with E-state index in [1.54, 1.807) is 31.4 Å². The van der Waals surface area contributed by atoms with Crippen LogP contribution < -0.4 is 4.74 Å². The number of hydrogen-bond acceptors (Lipinski definition) is 4. The van der Waals surface area contributed by atoms with Gasteiger partial charge in [-0.15, -0.1) is 0 Å². The molecule has 0 spiro atoms. The monoisotopic (exact) mass is 224 g/mol.